The molecule has 1 aliphatic heterocycles. The van der Waals surface area contributed by atoms with Crippen molar-refractivity contribution in [2.75, 3.05) is 13.2 Å². The molecular weight excluding hydrogens is 164 g/mol. The van der Waals surface area contributed by atoms with E-state index in [4.69, 9.17) is 9.47 Å². The zero-order chi connectivity index (χ0) is 8.89. The van der Waals surface area contributed by atoms with Crippen molar-refractivity contribution >= 4 is 0 Å². The number of hydrogen-bond acceptors (Lipinski definition) is 2. The van der Waals surface area contributed by atoms with Gasteiger partial charge in [0.15, 0.2) is 5.79 Å². The van der Waals surface area contributed by atoms with Gasteiger partial charge < -0.3 is 9.47 Å². The fraction of sp³-hybridized carbons (Fsp3) is 1.00. The van der Waals surface area contributed by atoms with Crippen LogP contribution in [0, 0.1) is 17.8 Å². The molecule has 2 nitrogen and oxygen atoms in total. The van der Waals surface area contributed by atoms with Crippen LogP contribution in [0.15, 0.2) is 0 Å². The molecule has 3 atom stereocenters. The molecule has 0 bridgehead atoms. The van der Waals surface area contributed by atoms with Gasteiger partial charge in [-0.2, -0.15) is 0 Å². The van der Waals surface area contributed by atoms with E-state index in [0.29, 0.717) is 0 Å². The lowest BCUT2D eigenvalue weighted by Gasteiger charge is -2.23. The fourth-order valence-electron chi connectivity index (χ4n) is 3.57. The second-order valence-corrected chi connectivity index (χ2v) is 4.99. The van der Waals surface area contributed by atoms with E-state index in [0.717, 1.165) is 31.0 Å². The molecule has 2 aliphatic carbocycles. The topological polar surface area (TPSA) is 18.5 Å². The van der Waals surface area contributed by atoms with Gasteiger partial charge in [-0.1, -0.05) is 13.3 Å². The Morgan fingerprint density at radius 1 is 1.08 bits per heavy atom. The summed E-state index contributed by atoms with van der Waals surface area (Å²) in [5.41, 5.74) is 0. The van der Waals surface area contributed by atoms with Crippen LogP contribution in [0.1, 0.15) is 32.6 Å². The summed E-state index contributed by atoms with van der Waals surface area (Å²) in [7, 11) is 0. The summed E-state index contributed by atoms with van der Waals surface area (Å²) in [6.07, 6.45) is 5.16. The largest absolute Gasteiger partial charge is 0.348 e. The highest BCUT2D eigenvalue weighted by Crippen LogP contribution is 2.53. The van der Waals surface area contributed by atoms with E-state index in [-0.39, 0.29) is 5.79 Å². The molecule has 0 aromatic rings. The summed E-state index contributed by atoms with van der Waals surface area (Å²) in [5, 5.41) is 0. The van der Waals surface area contributed by atoms with Crippen LogP contribution >= 0.6 is 0 Å². The molecule has 0 aromatic heterocycles. The molecular formula is C11H18O2. The van der Waals surface area contributed by atoms with Crippen LogP contribution < -0.4 is 0 Å². The first-order valence-electron chi connectivity index (χ1n) is 5.57. The van der Waals surface area contributed by atoms with Gasteiger partial charge in [0.25, 0.3) is 0 Å². The van der Waals surface area contributed by atoms with Gasteiger partial charge in [-0.3, -0.25) is 0 Å². The zero-order valence-corrected chi connectivity index (χ0v) is 8.29. The van der Waals surface area contributed by atoms with Crippen LogP contribution in [0.25, 0.3) is 0 Å². The smallest absolute Gasteiger partial charge is 0.169 e. The Bertz CT molecular complexity index is 208. The highest BCUT2D eigenvalue weighted by Gasteiger charge is 2.52. The summed E-state index contributed by atoms with van der Waals surface area (Å²) >= 11 is 0. The van der Waals surface area contributed by atoms with E-state index in [2.05, 4.69) is 6.92 Å². The van der Waals surface area contributed by atoms with Crippen LogP contribution in [0.3, 0.4) is 0 Å². The minimum atomic E-state index is -0.135. The third kappa shape index (κ3) is 1.15. The minimum Gasteiger partial charge on any atom is -0.348 e. The van der Waals surface area contributed by atoms with Crippen molar-refractivity contribution in [3.05, 3.63) is 0 Å². The van der Waals surface area contributed by atoms with Gasteiger partial charge in [0.1, 0.15) is 0 Å². The SMILES string of the molecule is C[C@H]1CC[C@@H]2CC3(C[C@@H]21)OCCO3. The number of fused-ring (bicyclic) bond motifs is 1. The van der Waals surface area contributed by atoms with Crippen molar-refractivity contribution in [3.63, 3.8) is 0 Å². The van der Waals surface area contributed by atoms with Crippen molar-refractivity contribution in [1.29, 1.82) is 0 Å². The van der Waals surface area contributed by atoms with E-state index < -0.39 is 0 Å². The summed E-state index contributed by atoms with van der Waals surface area (Å²) in [5.74, 6) is 2.55. The predicted octanol–water partition coefficient (Wildman–Crippen LogP) is 2.19. The monoisotopic (exact) mass is 182 g/mol. The first kappa shape index (κ1) is 8.25. The Labute approximate surface area is 79.6 Å². The molecule has 1 spiro atoms. The maximum absolute atomic E-state index is 5.76. The van der Waals surface area contributed by atoms with Gasteiger partial charge in [0, 0.05) is 12.8 Å². The molecule has 1 saturated heterocycles. The molecule has 0 aromatic carbocycles. The Kier molecular flexibility index (Phi) is 1.72. The quantitative estimate of drug-likeness (QED) is 0.571. The molecule has 2 heteroatoms. The van der Waals surface area contributed by atoms with Crippen LogP contribution in [0.5, 0.6) is 0 Å². The molecule has 1 heterocycles. The first-order valence-corrected chi connectivity index (χ1v) is 5.57. The fourth-order valence-corrected chi connectivity index (χ4v) is 3.57. The Hall–Kier alpha value is -0.0800. The highest BCUT2D eigenvalue weighted by molar-refractivity contribution is 4.97. The normalized spacial score (nSPS) is 47.3. The molecule has 0 unspecified atom stereocenters. The summed E-state index contributed by atoms with van der Waals surface area (Å²) < 4.78 is 11.5. The number of ether oxygens (including phenoxy) is 2. The van der Waals surface area contributed by atoms with E-state index in [9.17, 15) is 0 Å². The van der Waals surface area contributed by atoms with Crippen molar-refractivity contribution < 1.29 is 9.47 Å². The average Bonchev–Trinajstić information content (AvgIpc) is 2.76. The lowest BCUT2D eigenvalue weighted by Crippen LogP contribution is -2.27. The first-order chi connectivity index (χ1) is 6.29. The number of hydrogen-bond donors (Lipinski definition) is 0. The van der Waals surface area contributed by atoms with E-state index in [1.165, 1.54) is 25.7 Å². The van der Waals surface area contributed by atoms with Crippen LogP contribution in [-0.4, -0.2) is 19.0 Å². The molecule has 74 valence electrons. The Morgan fingerprint density at radius 2 is 1.85 bits per heavy atom. The number of rotatable bonds is 0. The van der Waals surface area contributed by atoms with Gasteiger partial charge in [0.2, 0.25) is 0 Å². The van der Waals surface area contributed by atoms with E-state index in [1.807, 2.05) is 0 Å². The van der Waals surface area contributed by atoms with Crippen LogP contribution in [0.2, 0.25) is 0 Å². The highest BCUT2D eigenvalue weighted by atomic mass is 16.7. The van der Waals surface area contributed by atoms with Crippen molar-refractivity contribution in [3.8, 4) is 0 Å². The molecule has 0 N–H and O–H groups in total. The van der Waals surface area contributed by atoms with Crippen molar-refractivity contribution in [2.45, 2.75) is 38.4 Å². The third-order valence-electron chi connectivity index (χ3n) is 4.26. The molecule has 0 radical (unpaired) electrons. The maximum atomic E-state index is 5.76. The maximum Gasteiger partial charge on any atom is 0.169 e. The Morgan fingerprint density at radius 3 is 2.54 bits per heavy atom. The predicted molar refractivity (Wildman–Crippen MR) is 49.2 cm³/mol. The summed E-state index contributed by atoms with van der Waals surface area (Å²) in [6, 6.07) is 0. The molecule has 0 amide bonds. The average molecular weight is 182 g/mol. The molecule has 13 heavy (non-hydrogen) atoms. The zero-order valence-electron chi connectivity index (χ0n) is 8.29. The van der Waals surface area contributed by atoms with Gasteiger partial charge >= 0.3 is 0 Å². The summed E-state index contributed by atoms with van der Waals surface area (Å²) in [6.45, 7) is 4.01. The van der Waals surface area contributed by atoms with Gasteiger partial charge in [-0.25, -0.2) is 0 Å². The van der Waals surface area contributed by atoms with Crippen LogP contribution in [0.4, 0.5) is 0 Å². The standard InChI is InChI=1S/C11H18O2/c1-8-2-3-9-6-11(7-10(8)9)12-4-5-13-11/h8-10H,2-7H2,1H3/t8-,9+,10+/m0/s1. The second kappa shape index (κ2) is 2.71. The third-order valence-corrected chi connectivity index (χ3v) is 4.26. The van der Waals surface area contributed by atoms with Crippen molar-refractivity contribution in [1.82, 2.24) is 0 Å². The van der Waals surface area contributed by atoms with E-state index in [1.54, 1.807) is 0 Å². The van der Waals surface area contributed by atoms with E-state index >= 15 is 0 Å². The Balaban J connectivity index is 1.78. The van der Waals surface area contributed by atoms with Gasteiger partial charge in [-0.15, -0.1) is 0 Å². The van der Waals surface area contributed by atoms with Gasteiger partial charge in [-0.05, 0) is 24.2 Å². The second-order valence-electron chi connectivity index (χ2n) is 4.99. The van der Waals surface area contributed by atoms with Crippen molar-refractivity contribution in [2.24, 2.45) is 17.8 Å². The van der Waals surface area contributed by atoms with Crippen LogP contribution in [-0.2, 0) is 9.47 Å². The molecule has 3 aliphatic rings. The molecule has 3 rings (SSSR count). The molecule has 3 fully saturated rings. The lowest BCUT2D eigenvalue weighted by molar-refractivity contribution is -0.156. The molecule has 2 saturated carbocycles. The summed E-state index contributed by atoms with van der Waals surface area (Å²) in [4.78, 5) is 0. The lowest BCUT2D eigenvalue weighted by atomic mass is 9.94. The minimum absolute atomic E-state index is 0.135. The van der Waals surface area contributed by atoms with Gasteiger partial charge in [0.05, 0.1) is 13.2 Å².